The Hall–Kier alpha value is -3.06. The number of benzene rings is 6. The van der Waals surface area contributed by atoms with Crippen LogP contribution in [0.15, 0.2) is 170 Å². The van der Waals surface area contributed by atoms with Crippen molar-refractivity contribution in [3.05, 3.63) is 181 Å². The van der Waals surface area contributed by atoms with E-state index in [0.717, 1.165) is 31.5 Å². The largest absolute Gasteiger partial charge is 0.435 e. The fraction of sp³-hybridized carbons (Fsp3) is 0.0526. The van der Waals surface area contributed by atoms with Crippen LogP contribution in [0.4, 0.5) is 13.2 Å². The average molecular weight is 854 g/mol. The van der Waals surface area contributed by atoms with Crippen LogP contribution in [0.3, 0.4) is 0 Å². The first kappa shape index (κ1) is 33.8. The molecule has 1 atom stereocenters. The Bertz CT molecular complexity index is 1750. The molecule has 0 heterocycles. The molecule has 0 spiro atoms. The minimum atomic E-state index is -4.47. The average Bonchev–Trinajstić information content (AvgIpc) is 3.10. The third kappa shape index (κ3) is 6.79. The summed E-state index contributed by atoms with van der Waals surface area (Å²) in [6, 6.07) is 54.4. The van der Waals surface area contributed by atoms with E-state index in [0.29, 0.717) is 5.19 Å². The van der Waals surface area contributed by atoms with Gasteiger partial charge < -0.3 is 4.12 Å². The van der Waals surface area contributed by atoms with Gasteiger partial charge in [-0.2, -0.15) is 13.2 Å². The van der Waals surface area contributed by atoms with Crippen molar-refractivity contribution in [2.45, 2.75) is 8.32 Å². The molecule has 0 saturated carbocycles. The summed E-state index contributed by atoms with van der Waals surface area (Å²) >= 11 is 10.9. The summed E-state index contributed by atoms with van der Waals surface area (Å²) in [5.74, 6) is 0. The van der Waals surface area contributed by atoms with Gasteiger partial charge in [0.25, 0.3) is 16.6 Å². The molecule has 0 aromatic heterocycles. The van der Waals surface area contributed by atoms with E-state index in [4.69, 9.17) is 4.12 Å². The highest BCUT2D eigenvalue weighted by molar-refractivity contribution is 9.38. The summed E-state index contributed by atoms with van der Waals surface area (Å²) in [5.41, 5.74) is 0.218. The first-order valence-electron chi connectivity index (χ1n) is 14.8. The second-order valence-electron chi connectivity index (χ2n) is 11.1. The summed E-state index contributed by atoms with van der Waals surface area (Å²) in [6.07, 6.45) is -4.47. The lowest BCUT2D eigenvalue weighted by Crippen LogP contribution is -2.81. The molecule has 0 fully saturated rings. The van der Waals surface area contributed by atoms with Crippen LogP contribution in [-0.4, -0.2) is 16.6 Å². The van der Waals surface area contributed by atoms with Crippen molar-refractivity contribution in [3.8, 4) is 0 Å². The van der Waals surface area contributed by atoms with Gasteiger partial charge in [0.05, 0.1) is 5.56 Å². The van der Waals surface area contributed by atoms with E-state index < -0.39 is 30.5 Å². The minimum Gasteiger partial charge on any atom is -0.435 e. The third-order valence-corrected chi connectivity index (χ3v) is 19.0. The predicted octanol–water partition coefficient (Wildman–Crippen LogP) is 7.65. The fourth-order valence-electron chi connectivity index (χ4n) is 6.06. The predicted molar refractivity (Wildman–Crippen MR) is 203 cm³/mol. The fourth-order valence-corrected chi connectivity index (χ4v) is 17.4. The summed E-state index contributed by atoms with van der Waals surface area (Å²) in [7, 11) is -7.02. The van der Waals surface area contributed by atoms with E-state index in [9.17, 15) is 13.2 Å². The van der Waals surface area contributed by atoms with Gasteiger partial charge >= 0.3 is 6.18 Å². The maximum Gasteiger partial charge on any atom is 0.416 e. The molecule has 236 valence electrons. The minimum absolute atomic E-state index is 0.645. The topological polar surface area (TPSA) is 9.23 Å². The van der Waals surface area contributed by atoms with Crippen LogP contribution in [0.1, 0.15) is 11.1 Å². The van der Waals surface area contributed by atoms with Crippen molar-refractivity contribution in [2.24, 2.45) is 0 Å². The van der Waals surface area contributed by atoms with Crippen molar-refractivity contribution in [3.63, 3.8) is 0 Å². The van der Waals surface area contributed by atoms with Gasteiger partial charge in [-0.05, 0) is 36.7 Å². The Morgan fingerprint density at radius 2 is 0.617 bits per heavy atom. The van der Waals surface area contributed by atoms with E-state index in [-0.39, 0.29) is 0 Å². The molecule has 0 aliphatic heterocycles. The van der Waals surface area contributed by atoms with Crippen LogP contribution in [0, 0.1) is 0 Å². The first-order chi connectivity index (χ1) is 22.5. The zero-order valence-electron chi connectivity index (χ0n) is 24.8. The second kappa shape index (κ2) is 13.8. The molecule has 6 rings (SSSR count). The standard InChI is InChI=1S/C38H28Br3F3OSi2/c39-37(40,41)29-21-25-35(26-22-29)47(34-19-11-4-12-20-34,36-27-23-30(24-28-36)38(42,43)44)45-46(31-13-5-1-6-14-31,32-15-7-2-8-16-32)33-17-9-3-10-18-33/h1-28H. The van der Waals surface area contributed by atoms with E-state index >= 15 is 0 Å². The summed E-state index contributed by atoms with van der Waals surface area (Å²) in [4.78, 5) is 0. The van der Waals surface area contributed by atoms with E-state index in [1.807, 2.05) is 109 Å². The number of alkyl halides is 6. The zero-order chi connectivity index (χ0) is 33.1. The molecule has 0 N–H and O–H groups in total. The smallest absolute Gasteiger partial charge is 0.416 e. The van der Waals surface area contributed by atoms with Crippen LogP contribution in [-0.2, 0) is 12.4 Å². The Kier molecular flexibility index (Phi) is 9.95. The molecule has 0 aliphatic rings. The van der Waals surface area contributed by atoms with E-state index in [2.05, 4.69) is 84.2 Å². The van der Waals surface area contributed by atoms with Gasteiger partial charge in [0.2, 0.25) is 0 Å². The van der Waals surface area contributed by atoms with Gasteiger partial charge in [-0.15, -0.1) is 0 Å². The van der Waals surface area contributed by atoms with Gasteiger partial charge in [-0.3, -0.25) is 0 Å². The Labute approximate surface area is 300 Å². The zero-order valence-corrected chi connectivity index (χ0v) is 31.6. The molecule has 9 heteroatoms. The van der Waals surface area contributed by atoms with Crippen LogP contribution in [0.5, 0.6) is 0 Å². The highest BCUT2D eigenvalue weighted by Gasteiger charge is 2.53. The lowest BCUT2D eigenvalue weighted by atomic mass is 10.2. The van der Waals surface area contributed by atoms with Crippen molar-refractivity contribution >= 4 is 95.5 Å². The molecule has 0 bridgehead atoms. The van der Waals surface area contributed by atoms with Crippen molar-refractivity contribution < 1.29 is 17.3 Å². The van der Waals surface area contributed by atoms with Gasteiger partial charge in [-0.25, -0.2) is 0 Å². The molecular weight excluding hydrogens is 825 g/mol. The highest BCUT2D eigenvalue weighted by atomic mass is 80.0. The Morgan fingerprint density at radius 3 is 0.872 bits per heavy atom. The maximum absolute atomic E-state index is 13.9. The van der Waals surface area contributed by atoms with Gasteiger partial charge in [-0.1, -0.05) is 218 Å². The normalized spacial score (nSPS) is 13.6. The summed E-state index contributed by atoms with van der Waals surface area (Å²) in [5, 5.41) is 5.66. The first-order valence-corrected chi connectivity index (χ1v) is 21.0. The SMILES string of the molecule is FC(F)(F)c1ccc([Si](O[Si](c2ccccc2)(c2ccccc2)c2ccccc2)(c2ccccc2)c2ccc(C(Br)(Br)Br)cc2)cc1. The van der Waals surface area contributed by atoms with Gasteiger partial charge in [0.15, 0.2) is 2.14 Å². The molecule has 1 nitrogen and oxygen atoms in total. The van der Waals surface area contributed by atoms with Gasteiger partial charge in [0, 0.05) is 0 Å². The van der Waals surface area contributed by atoms with Crippen molar-refractivity contribution in [2.75, 3.05) is 0 Å². The number of hydrogen-bond donors (Lipinski definition) is 0. The van der Waals surface area contributed by atoms with E-state index in [1.165, 1.54) is 12.1 Å². The molecule has 0 amide bonds. The number of halogens is 6. The molecule has 6 aromatic rings. The quantitative estimate of drug-likeness (QED) is 0.0870. The Balaban J connectivity index is 1.75. The second-order valence-corrected chi connectivity index (χ2v) is 24.8. The lowest BCUT2D eigenvalue weighted by molar-refractivity contribution is -0.137. The third-order valence-electron chi connectivity index (χ3n) is 8.26. The molecule has 6 aromatic carbocycles. The van der Waals surface area contributed by atoms with Crippen LogP contribution in [0.2, 0.25) is 0 Å². The molecule has 0 aliphatic carbocycles. The molecule has 1 unspecified atom stereocenters. The number of rotatable bonds is 8. The monoisotopic (exact) mass is 850 g/mol. The Morgan fingerprint density at radius 1 is 0.362 bits per heavy atom. The van der Waals surface area contributed by atoms with Crippen LogP contribution in [0.25, 0.3) is 0 Å². The molecule has 0 saturated heterocycles. The molecule has 0 radical (unpaired) electrons. The van der Waals surface area contributed by atoms with Crippen molar-refractivity contribution in [1.29, 1.82) is 0 Å². The van der Waals surface area contributed by atoms with Crippen LogP contribution >= 0.6 is 47.8 Å². The van der Waals surface area contributed by atoms with Crippen molar-refractivity contribution in [1.82, 2.24) is 0 Å². The highest BCUT2D eigenvalue weighted by Crippen LogP contribution is 2.44. The summed E-state index contributed by atoms with van der Waals surface area (Å²) < 4.78 is 49.3. The van der Waals surface area contributed by atoms with Crippen LogP contribution < -0.4 is 31.1 Å². The lowest BCUT2D eigenvalue weighted by Gasteiger charge is -2.44. The van der Waals surface area contributed by atoms with Gasteiger partial charge in [0.1, 0.15) is 0 Å². The number of hydrogen-bond acceptors (Lipinski definition) is 1. The summed E-state index contributed by atoms with van der Waals surface area (Å²) in [6.45, 7) is 0. The molecule has 47 heavy (non-hydrogen) atoms. The molecular formula is C38H28Br3F3OSi2. The van der Waals surface area contributed by atoms with E-state index in [1.54, 1.807) is 12.1 Å². The maximum atomic E-state index is 13.9.